The number of carbonyl (C=O) groups excluding carboxylic acids is 2. The van der Waals surface area contributed by atoms with Gasteiger partial charge >= 0.3 is 0 Å². The highest BCUT2D eigenvalue weighted by atomic mass is 35.5. The molecule has 0 unspecified atom stereocenters. The summed E-state index contributed by atoms with van der Waals surface area (Å²) in [6.07, 6.45) is 0.555. The lowest BCUT2D eigenvalue weighted by Gasteiger charge is -2.12. The Kier molecular flexibility index (Phi) is 4.23. The Labute approximate surface area is 143 Å². The Morgan fingerprint density at radius 2 is 1.92 bits per heavy atom. The number of hydrogen-bond donors (Lipinski definition) is 2. The number of benzene rings is 3. The van der Waals surface area contributed by atoms with Crippen LogP contribution in [0.4, 0.5) is 5.69 Å². The van der Waals surface area contributed by atoms with Crippen molar-refractivity contribution in [2.75, 3.05) is 5.32 Å². The lowest BCUT2D eigenvalue weighted by atomic mass is 9.99. The molecule has 0 aliphatic heterocycles. The van der Waals surface area contributed by atoms with E-state index in [0.717, 1.165) is 5.56 Å². The number of carbonyl (C=O) groups is 2. The zero-order valence-electron chi connectivity index (χ0n) is 12.8. The van der Waals surface area contributed by atoms with Gasteiger partial charge in [-0.3, -0.25) is 9.59 Å². The minimum Gasteiger partial charge on any atom is -0.506 e. The van der Waals surface area contributed by atoms with Crippen LogP contribution in [0.1, 0.15) is 26.3 Å². The molecule has 0 saturated heterocycles. The topological polar surface area (TPSA) is 66.4 Å². The molecule has 0 saturated carbocycles. The third-order valence-electron chi connectivity index (χ3n) is 3.94. The van der Waals surface area contributed by atoms with Gasteiger partial charge in [-0.05, 0) is 41.5 Å². The summed E-state index contributed by atoms with van der Waals surface area (Å²) in [7, 11) is 0. The van der Waals surface area contributed by atoms with Gasteiger partial charge in [-0.2, -0.15) is 0 Å². The van der Waals surface area contributed by atoms with Crippen molar-refractivity contribution in [1.29, 1.82) is 0 Å². The molecular formula is C19H14ClNO3. The molecule has 0 aromatic heterocycles. The Morgan fingerprint density at radius 3 is 2.67 bits per heavy atom. The number of phenolic OH excluding ortho intramolecular Hbond substituents is 1. The summed E-state index contributed by atoms with van der Waals surface area (Å²) in [5.74, 6) is -0.840. The molecule has 4 nitrogen and oxygen atoms in total. The molecule has 0 fully saturated rings. The highest BCUT2D eigenvalue weighted by molar-refractivity contribution is 6.31. The molecule has 24 heavy (non-hydrogen) atoms. The monoisotopic (exact) mass is 339 g/mol. The van der Waals surface area contributed by atoms with Crippen LogP contribution in [0.2, 0.25) is 5.02 Å². The molecule has 0 radical (unpaired) electrons. The summed E-state index contributed by atoms with van der Waals surface area (Å²) in [5, 5.41) is 14.9. The lowest BCUT2D eigenvalue weighted by Crippen LogP contribution is -2.13. The molecule has 0 aliphatic carbocycles. The van der Waals surface area contributed by atoms with E-state index in [9.17, 15) is 14.7 Å². The fraction of sp³-hybridized carbons (Fsp3) is 0.0526. The molecule has 120 valence electrons. The number of amides is 1. The molecule has 0 bridgehead atoms. The van der Waals surface area contributed by atoms with E-state index < -0.39 is 5.91 Å². The summed E-state index contributed by atoms with van der Waals surface area (Å²) >= 11 is 6.05. The second-order valence-electron chi connectivity index (χ2n) is 5.39. The summed E-state index contributed by atoms with van der Waals surface area (Å²) in [6, 6.07) is 13.8. The quantitative estimate of drug-likeness (QED) is 0.687. The van der Waals surface area contributed by atoms with Gasteiger partial charge in [0, 0.05) is 10.7 Å². The van der Waals surface area contributed by atoms with Gasteiger partial charge in [0.1, 0.15) is 5.75 Å². The number of aromatic hydroxyl groups is 1. The number of hydrogen-bond acceptors (Lipinski definition) is 3. The lowest BCUT2D eigenvalue weighted by molar-refractivity contribution is 0.102. The third-order valence-corrected chi connectivity index (χ3v) is 4.35. The molecule has 0 heterocycles. The van der Waals surface area contributed by atoms with E-state index in [-0.39, 0.29) is 16.9 Å². The summed E-state index contributed by atoms with van der Waals surface area (Å²) in [6.45, 7) is 1.79. The first-order chi connectivity index (χ1) is 11.5. The average Bonchev–Trinajstić information content (AvgIpc) is 2.58. The van der Waals surface area contributed by atoms with E-state index in [1.54, 1.807) is 55.5 Å². The molecule has 3 aromatic carbocycles. The van der Waals surface area contributed by atoms with Gasteiger partial charge < -0.3 is 10.4 Å². The first-order valence-electron chi connectivity index (χ1n) is 7.29. The number of nitrogens with one attached hydrogen (secondary N) is 1. The van der Waals surface area contributed by atoms with E-state index in [4.69, 9.17) is 11.6 Å². The molecule has 1 amide bonds. The SMILES string of the molecule is Cc1c(Cl)cccc1NC(=O)c1cc2ccccc2c(C=O)c1O. The van der Waals surface area contributed by atoms with Gasteiger partial charge in [0.05, 0.1) is 11.1 Å². The van der Waals surface area contributed by atoms with Crippen molar-refractivity contribution in [1.82, 2.24) is 0 Å². The van der Waals surface area contributed by atoms with Crippen molar-refractivity contribution >= 4 is 40.3 Å². The zero-order chi connectivity index (χ0) is 17.3. The first kappa shape index (κ1) is 16.0. The van der Waals surface area contributed by atoms with Gasteiger partial charge in [0.15, 0.2) is 6.29 Å². The van der Waals surface area contributed by atoms with E-state index in [2.05, 4.69) is 5.32 Å². The van der Waals surface area contributed by atoms with E-state index >= 15 is 0 Å². The molecule has 3 aromatic rings. The van der Waals surface area contributed by atoms with E-state index in [1.165, 1.54) is 0 Å². The minimum absolute atomic E-state index is 0.0372. The van der Waals surface area contributed by atoms with E-state index in [1.807, 2.05) is 0 Å². The van der Waals surface area contributed by atoms with Crippen LogP contribution in [-0.4, -0.2) is 17.3 Å². The molecule has 0 aliphatic rings. The number of halogens is 1. The van der Waals surface area contributed by atoms with Crippen LogP contribution in [-0.2, 0) is 0 Å². The average molecular weight is 340 g/mol. The van der Waals surface area contributed by atoms with Crippen molar-refractivity contribution in [3.63, 3.8) is 0 Å². The minimum atomic E-state index is -0.508. The van der Waals surface area contributed by atoms with Crippen LogP contribution in [0.25, 0.3) is 10.8 Å². The predicted molar refractivity (Wildman–Crippen MR) is 95.1 cm³/mol. The Balaban J connectivity index is 2.08. The number of fused-ring (bicyclic) bond motifs is 1. The highest BCUT2D eigenvalue weighted by Gasteiger charge is 2.18. The predicted octanol–water partition coefficient (Wildman–Crippen LogP) is 4.57. The summed E-state index contributed by atoms with van der Waals surface area (Å²) < 4.78 is 0. The Bertz CT molecular complexity index is 966. The number of phenols is 1. The maximum atomic E-state index is 12.6. The van der Waals surface area contributed by atoms with Gasteiger partial charge in [-0.25, -0.2) is 0 Å². The number of rotatable bonds is 3. The van der Waals surface area contributed by atoms with Gasteiger partial charge in [-0.1, -0.05) is 41.9 Å². The van der Waals surface area contributed by atoms with Crippen LogP contribution in [0.3, 0.4) is 0 Å². The fourth-order valence-electron chi connectivity index (χ4n) is 2.59. The molecule has 5 heteroatoms. The van der Waals surface area contributed by atoms with Crippen LogP contribution < -0.4 is 5.32 Å². The van der Waals surface area contributed by atoms with E-state index in [0.29, 0.717) is 27.8 Å². The van der Waals surface area contributed by atoms with Crippen LogP contribution in [0.15, 0.2) is 48.5 Å². The second-order valence-corrected chi connectivity index (χ2v) is 5.80. The number of anilines is 1. The zero-order valence-corrected chi connectivity index (χ0v) is 13.6. The second kappa shape index (κ2) is 6.34. The summed E-state index contributed by atoms with van der Waals surface area (Å²) in [5.41, 5.74) is 1.41. The molecule has 3 rings (SSSR count). The van der Waals surface area contributed by atoms with Gasteiger partial charge in [0.2, 0.25) is 0 Å². The van der Waals surface area contributed by atoms with Crippen LogP contribution in [0.5, 0.6) is 5.75 Å². The molecular weight excluding hydrogens is 326 g/mol. The van der Waals surface area contributed by atoms with Gasteiger partial charge in [0.25, 0.3) is 5.91 Å². The summed E-state index contributed by atoms with van der Waals surface area (Å²) in [4.78, 5) is 23.9. The first-order valence-corrected chi connectivity index (χ1v) is 7.67. The maximum Gasteiger partial charge on any atom is 0.259 e. The van der Waals surface area contributed by atoms with Crippen LogP contribution >= 0.6 is 11.6 Å². The normalized spacial score (nSPS) is 10.6. The molecule has 2 N–H and O–H groups in total. The fourth-order valence-corrected chi connectivity index (χ4v) is 2.76. The van der Waals surface area contributed by atoms with Crippen molar-refractivity contribution in [2.24, 2.45) is 0 Å². The maximum absolute atomic E-state index is 12.6. The van der Waals surface area contributed by atoms with Gasteiger partial charge in [-0.15, -0.1) is 0 Å². The number of aldehydes is 1. The Hall–Kier alpha value is -2.85. The van der Waals surface area contributed by atoms with Crippen LogP contribution in [0, 0.1) is 6.92 Å². The smallest absolute Gasteiger partial charge is 0.259 e. The highest BCUT2D eigenvalue weighted by Crippen LogP contribution is 2.31. The van der Waals surface area contributed by atoms with Crippen molar-refractivity contribution < 1.29 is 14.7 Å². The van der Waals surface area contributed by atoms with Crippen molar-refractivity contribution in [2.45, 2.75) is 6.92 Å². The largest absolute Gasteiger partial charge is 0.506 e. The van der Waals surface area contributed by atoms with Crippen molar-refractivity contribution in [3.05, 3.63) is 70.2 Å². The van der Waals surface area contributed by atoms with Crippen molar-refractivity contribution in [3.8, 4) is 5.75 Å². The molecule has 0 atom stereocenters. The molecule has 0 spiro atoms. The standard InChI is InChI=1S/C19H14ClNO3/c1-11-16(20)7-4-8-17(11)21-19(24)14-9-12-5-2-3-6-13(12)15(10-22)18(14)23/h2-10,23H,1H3,(H,21,24). The Morgan fingerprint density at radius 1 is 1.17 bits per heavy atom. The third kappa shape index (κ3) is 2.72.